The average molecular weight is 264 g/mol. The first-order valence-electron chi connectivity index (χ1n) is 6.55. The molecule has 1 heterocycles. The number of anilines is 1. The van der Waals surface area contributed by atoms with E-state index in [0.29, 0.717) is 24.1 Å². The van der Waals surface area contributed by atoms with E-state index in [0.717, 1.165) is 12.8 Å². The number of nitrogens with one attached hydrogen (secondary N) is 1. The van der Waals surface area contributed by atoms with Gasteiger partial charge in [0.2, 0.25) is 5.88 Å². The molecule has 0 spiro atoms. The maximum atomic E-state index is 12.4. The third kappa shape index (κ3) is 3.04. The maximum absolute atomic E-state index is 12.4. The molecule has 19 heavy (non-hydrogen) atoms. The number of carbonyl (C=O) groups excluding carboxylic acids is 1. The molecule has 2 rings (SSSR count). The van der Waals surface area contributed by atoms with Crippen molar-refractivity contribution < 1.29 is 14.3 Å². The summed E-state index contributed by atoms with van der Waals surface area (Å²) in [5.74, 6) is 0.732. The lowest BCUT2D eigenvalue weighted by Crippen LogP contribution is -2.44. The number of amides is 1. The molecule has 0 unspecified atom stereocenters. The summed E-state index contributed by atoms with van der Waals surface area (Å²) in [5, 5.41) is 2.86. The predicted molar refractivity (Wildman–Crippen MR) is 72.2 cm³/mol. The molecule has 1 amide bonds. The quantitative estimate of drug-likeness (QED) is 0.856. The van der Waals surface area contributed by atoms with Crippen molar-refractivity contribution in [1.82, 2.24) is 4.98 Å². The van der Waals surface area contributed by atoms with Gasteiger partial charge in [-0.15, -0.1) is 0 Å². The van der Waals surface area contributed by atoms with Gasteiger partial charge in [0.25, 0.3) is 5.91 Å². The fourth-order valence-electron chi connectivity index (χ4n) is 2.13. The summed E-state index contributed by atoms with van der Waals surface area (Å²) in [6.45, 7) is 4.30. The van der Waals surface area contributed by atoms with E-state index in [-0.39, 0.29) is 5.91 Å². The Morgan fingerprint density at radius 1 is 1.53 bits per heavy atom. The fraction of sp³-hybridized carbons (Fsp3) is 0.571. The van der Waals surface area contributed by atoms with Crippen LogP contribution in [0.15, 0.2) is 18.3 Å². The highest BCUT2D eigenvalue weighted by molar-refractivity contribution is 5.97. The first-order valence-corrected chi connectivity index (χ1v) is 6.55. The van der Waals surface area contributed by atoms with Gasteiger partial charge in [-0.3, -0.25) is 4.79 Å². The average Bonchev–Trinajstić information content (AvgIpc) is 3.24. The Kier molecular flexibility index (Phi) is 4.04. The number of carbonyl (C=O) groups is 1. The van der Waals surface area contributed by atoms with Gasteiger partial charge in [-0.25, -0.2) is 4.98 Å². The smallest absolute Gasteiger partial charge is 0.256 e. The third-order valence-electron chi connectivity index (χ3n) is 3.45. The van der Waals surface area contributed by atoms with Crippen molar-refractivity contribution >= 4 is 11.6 Å². The minimum atomic E-state index is -0.741. The van der Waals surface area contributed by atoms with Crippen LogP contribution in [0.4, 0.5) is 5.69 Å². The molecule has 5 heteroatoms. The van der Waals surface area contributed by atoms with Crippen molar-refractivity contribution in [2.24, 2.45) is 5.92 Å². The van der Waals surface area contributed by atoms with Gasteiger partial charge in [0.15, 0.2) is 0 Å². The summed E-state index contributed by atoms with van der Waals surface area (Å²) >= 11 is 0. The number of pyridine rings is 1. The SMILES string of the molecule is CCO[C@](C)(C(=O)Nc1ccc(OC)nc1)C1CC1. The van der Waals surface area contributed by atoms with Crippen LogP contribution in [0.5, 0.6) is 5.88 Å². The predicted octanol–water partition coefficient (Wildman–Crippen LogP) is 2.23. The number of aromatic nitrogens is 1. The van der Waals surface area contributed by atoms with Gasteiger partial charge < -0.3 is 14.8 Å². The summed E-state index contributed by atoms with van der Waals surface area (Å²) in [7, 11) is 1.56. The molecule has 0 radical (unpaired) electrons. The number of nitrogens with zero attached hydrogens (tertiary/aromatic N) is 1. The van der Waals surface area contributed by atoms with Gasteiger partial charge in [0.1, 0.15) is 5.60 Å². The minimum Gasteiger partial charge on any atom is -0.481 e. The van der Waals surface area contributed by atoms with Crippen LogP contribution in [0.2, 0.25) is 0 Å². The molecule has 1 aliphatic rings. The van der Waals surface area contributed by atoms with E-state index < -0.39 is 5.60 Å². The van der Waals surface area contributed by atoms with E-state index in [9.17, 15) is 4.79 Å². The van der Waals surface area contributed by atoms with E-state index >= 15 is 0 Å². The lowest BCUT2D eigenvalue weighted by molar-refractivity contribution is -0.141. The molecular weight excluding hydrogens is 244 g/mol. The number of hydrogen-bond donors (Lipinski definition) is 1. The van der Waals surface area contributed by atoms with Gasteiger partial charge in [0.05, 0.1) is 19.0 Å². The molecule has 0 aliphatic heterocycles. The van der Waals surface area contributed by atoms with Crippen LogP contribution >= 0.6 is 0 Å². The summed E-state index contributed by atoms with van der Waals surface area (Å²) in [6, 6.07) is 3.48. The molecule has 5 nitrogen and oxygen atoms in total. The number of ether oxygens (including phenoxy) is 2. The topological polar surface area (TPSA) is 60.5 Å². The standard InChI is InChI=1S/C14H20N2O3/c1-4-19-14(2,10-5-6-10)13(17)16-11-7-8-12(18-3)15-9-11/h7-10H,4-6H2,1-3H3,(H,16,17)/t14-/m0/s1. The molecule has 1 saturated carbocycles. The van der Waals surface area contributed by atoms with Crippen molar-refractivity contribution in [2.75, 3.05) is 19.0 Å². The zero-order chi connectivity index (χ0) is 13.9. The molecule has 1 N–H and O–H groups in total. The van der Waals surface area contributed by atoms with E-state index in [2.05, 4.69) is 10.3 Å². The van der Waals surface area contributed by atoms with Crippen molar-refractivity contribution in [2.45, 2.75) is 32.3 Å². The van der Waals surface area contributed by atoms with Crippen LogP contribution in [0, 0.1) is 5.92 Å². The minimum absolute atomic E-state index is 0.108. The number of hydrogen-bond acceptors (Lipinski definition) is 4. The van der Waals surface area contributed by atoms with E-state index in [1.807, 2.05) is 13.8 Å². The fourth-order valence-corrected chi connectivity index (χ4v) is 2.13. The Balaban J connectivity index is 2.05. The van der Waals surface area contributed by atoms with E-state index in [1.165, 1.54) is 0 Å². The Hall–Kier alpha value is -1.62. The largest absolute Gasteiger partial charge is 0.481 e. The van der Waals surface area contributed by atoms with Crippen molar-refractivity contribution in [3.8, 4) is 5.88 Å². The molecular formula is C14H20N2O3. The van der Waals surface area contributed by atoms with Crippen molar-refractivity contribution in [1.29, 1.82) is 0 Å². The van der Waals surface area contributed by atoms with Crippen molar-refractivity contribution in [3.63, 3.8) is 0 Å². The molecule has 0 bridgehead atoms. The van der Waals surface area contributed by atoms with Crippen LogP contribution in [0.1, 0.15) is 26.7 Å². The zero-order valence-electron chi connectivity index (χ0n) is 11.6. The van der Waals surface area contributed by atoms with Crippen LogP contribution < -0.4 is 10.1 Å². The summed E-state index contributed by atoms with van der Waals surface area (Å²) in [4.78, 5) is 16.4. The maximum Gasteiger partial charge on any atom is 0.256 e. The first-order chi connectivity index (χ1) is 9.10. The molecule has 1 atom stereocenters. The van der Waals surface area contributed by atoms with Gasteiger partial charge in [-0.1, -0.05) is 0 Å². The third-order valence-corrected chi connectivity index (χ3v) is 3.45. The van der Waals surface area contributed by atoms with Crippen molar-refractivity contribution in [3.05, 3.63) is 18.3 Å². The second-order valence-electron chi connectivity index (χ2n) is 4.86. The Bertz CT molecular complexity index is 443. The summed E-state index contributed by atoms with van der Waals surface area (Å²) < 4.78 is 10.7. The van der Waals surface area contributed by atoms with Gasteiger partial charge in [0, 0.05) is 12.7 Å². The van der Waals surface area contributed by atoms with Crippen LogP contribution in [0.25, 0.3) is 0 Å². The van der Waals surface area contributed by atoms with Gasteiger partial charge in [-0.05, 0) is 38.7 Å². The van der Waals surface area contributed by atoms with Crippen LogP contribution in [-0.4, -0.2) is 30.2 Å². The molecule has 1 aromatic rings. The number of rotatable bonds is 6. The van der Waals surface area contributed by atoms with E-state index in [1.54, 1.807) is 25.4 Å². The Labute approximate surface area is 113 Å². The highest BCUT2D eigenvalue weighted by atomic mass is 16.5. The van der Waals surface area contributed by atoms with Crippen LogP contribution in [-0.2, 0) is 9.53 Å². The normalized spacial score (nSPS) is 17.6. The Morgan fingerprint density at radius 3 is 2.74 bits per heavy atom. The lowest BCUT2D eigenvalue weighted by atomic mass is 9.99. The lowest BCUT2D eigenvalue weighted by Gasteiger charge is -2.28. The molecule has 1 aliphatic carbocycles. The summed E-state index contributed by atoms with van der Waals surface area (Å²) in [5.41, 5.74) is -0.0910. The second-order valence-corrected chi connectivity index (χ2v) is 4.86. The van der Waals surface area contributed by atoms with Crippen LogP contribution in [0.3, 0.4) is 0 Å². The first kappa shape index (κ1) is 13.8. The monoisotopic (exact) mass is 264 g/mol. The molecule has 104 valence electrons. The zero-order valence-corrected chi connectivity index (χ0v) is 11.6. The van der Waals surface area contributed by atoms with Gasteiger partial charge >= 0.3 is 0 Å². The van der Waals surface area contributed by atoms with Gasteiger partial charge in [-0.2, -0.15) is 0 Å². The summed E-state index contributed by atoms with van der Waals surface area (Å²) in [6.07, 6.45) is 3.67. The van der Waals surface area contributed by atoms with E-state index in [4.69, 9.17) is 9.47 Å². The Morgan fingerprint density at radius 2 is 2.26 bits per heavy atom. The highest BCUT2D eigenvalue weighted by Crippen LogP contribution is 2.42. The molecule has 0 aromatic carbocycles. The highest BCUT2D eigenvalue weighted by Gasteiger charge is 2.48. The second kappa shape index (κ2) is 5.57. The molecule has 1 fully saturated rings. The molecule has 1 aromatic heterocycles. The molecule has 0 saturated heterocycles. The number of methoxy groups -OCH3 is 1.